The van der Waals surface area contributed by atoms with Gasteiger partial charge in [0.2, 0.25) is 0 Å². The second kappa shape index (κ2) is 6.88. The molecule has 102 valence electrons. The Labute approximate surface area is 134 Å². The van der Waals surface area contributed by atoms with Crippen LogP contribution in [0.4, 0.5) is 0 Å². The van der Waals surface area contributed by atoms with Crippen molar-refractivity contribution in [1.82, 2.24) is 5.32 Å². The fourth-order valence-electron chi connectivity index (χ4n) is 2.01. The van der Waals surface area contributed by atoms with E-state index in [1.165, 1.54) is 5.56 Å². The Bertz CT molecular complexity index is 556. The van der Waals surface area contributed by atoms with Gasteiger partial charge in [-0.15, -0.1) is 11.3 Å². The van der Waals surface area contributed by atoms with E-state index in [1.54, 1.807) is 11.3 Å². The van der Waals surface area contributed by atoms with Gasteiger partial charge in [-0.05, 0) is 65.1 Å². The summed E-state index contributed by atoms with van der Waals surface area (Å²) in [7, 11) is 1.97. The van der Waals surface area contributed by atoms with Crippen LogP contribution in [0.25, 0.3) is 0 Å². The second-order valence-electron chi connectivity index (χ2n) is 4.02. The highest BCUT2D eigenvalue weighted by atomic mass is 79.9. The van der Waals surface area contributed by atoms with Gasteiger partial charge in [-0.25, -0.2) is 0 Å². The highest BCUT2D eigenvalue weighted by molar-refractivity contribution is 9.11. The van der Waals surface area contributed by atoms with E-state index in [-0.39, 0.29) is 6.04 Å². The zero-order valence-corrected chi connectivity index (χ0v) is 14.7. The maximum Gasteiger partial charge on any atom is 0.124 e. The molecule has 0 amide bonds. The Morgan fingerprint density at radius 2 is 2.11 bits per heavy atom. The van der Waals surface area contributed by atoms with Gasteiger partial charge in [0.25, 0.3) is 0 Å². The van der Waals surface area contributed by atoms with Gasteiger partial charge in [0.1, 0.15) is 5.75 Å². The molecule has 2 nitrogen and oxygen atoms in total. The summed E-state index contributed by atoms with van der Waals surface area (Å²) in [6.07, 6.45) is 0. The topological polar surface area (TPSA) is 21.3 Å². The number of hydrogen-bond donors (Lipinski definition) is 1. The summed E-state index contributed by atoms with van der Waals surface area (Å²) in [5, 5.41) is 5.51. The maximum atomic E-state index is 5.73. The third kappa shape index (κ3) is 3.60. The maximum absolute atomic E-state index is 5.73. The quantitative estimate of drug-likeness (QED) is 0.758. The molecular formula is C14H15Br2NOS. The van der Waals surface area contributed by atoms with Crippen LogP contribution >= 0.6 is 43.2 Å². The van der Waals surface area contributed by atoms with Gasteiger partial charge in [-0.3, -0.25) is 0 Å². The van der Waals surface area contributed by atoms with Crippen molar-refractivity contribution in [3.63, 3.8) is 0 Å². The molecule has 0 aliphatic heterocycles. The number of rotatable bonds is 5. The SMILES string of the molecule is CCOc1ccc(Br)cc1C(NC)c1csc(Br)c1. The van der Waals surface area contributed by atoms with E-state index in [0.717, 1.165) is 19.6 Å². The largest absolute Gasteiger partial charge is 0.494 e. The monoisotopic (exact) mass is 403 g/mol. The lowest BCUT2D eigenvalue weighted by atomic mass is 10.0. The van der Waals surface area contributed by atoms with Crippen molar-refractivity contribution in [2.24, 2.45) is 0 Å². The predicted octanol–water partition coefficient (Wildman–Crippen LogP) is 4.98. The summed E-state index contributed by atoms with van der Waals surface area (Å²) in [5.74, 6) is 0.923. The van der Waals surface area contributed by atoms with Gasteiger partial charge in [0, 0.05) is 10.0 Å². The molecule has 0 aliphatic rings. The summed E-state index contributed by atoms with van der Waals surface area (Å²) in [6.45, 7) is 2.67. The zero-order valence-electron chi connectivity index (χ0n) is 10.7. The van der Waals surface area contributed by atoms with Crippen molar-refractivity contribution in [1.29, 1.82) is 0 Å². The third-order valence-electron chi connectivity index (χ3n) is 2.79. The summed E-state index contributed by atoms with van der Waals surface area (Å²) < 4.78 is 7.92. The summed E-state index contributed by atoms with van der Waals surface area (Å²) in [6, 6.07) is 8.39. The molecule has 0 radical (unpaired) electrons. The van der Waals surface area contributed by atoms with Gasteiger partial charge in [0.15, 0.2) is 0 Å². The van der Waals surface area contributed by atoms with Gasteiger partial charge < -0.3 is 10.1 Å². The van der Waals surface area contributed by atoms with Crippen molar-refractivity contribution in [3.8, 4) is 5.75 Å². The van der Waals surface area contributed by atoms with Crippen LogP contribution in [-0.4, -0.2) is 13.7 Å². The molecule has 0 saturated heterocycles. The first-order valence-corrected chi connectivity index (χ1v) is 8.45. The molecule has 19 heavy (non-hydrogen) atoms. The van der Waals surface area contributed by atoms with E-state index in [4.69, 9.17) is 4.74 Å². The molecule has 1 aromatic heterocycles. The van der Waals surface area contributed by atoms with Crippen LogP contribution in [0.15, 0.2) is 37.9 Å². The molecule has 2 rings (SSSR count). The van der Waals surface area contributed by atoms with E-state index < -0.39 is 0 Å². The summed E-state index contributed by atoms with van der Waals surface area (Å²) in [5.41, 5.74) is 2.38. The molecule has 0 fully saturated rings. The summed E-state index contributed by atoms with van der Waals surface area (Å²) in [4.78, 5) is 0. The van der Waals surface area contributed by atoms with Crippen LogP contribution in [0.3, 0.4) is 0 Å². The number of thiophene rings is 1. The lowest BCUT2D eigenvalue weighted by Gasteiger charge is -2.19. The van der Waals surface area contributed by atoms with Crippen LogP contribution in [0.5, 0.6) is 5.75 Å². The van der Waals surface area contributed by atoms with E-state index >= 15 is 0 Å². The fraction of sp³-hybridized carbons (Fsp3) is 0.286. The molecule has 0 aliphatic carbocycles. The van der Waals surface area contributed by atoms with Crippen LogP contribution < -0.4 is 10.1 Å². The lowest BCUT2D eigenvalue weighted by Crippen LogP contribution is -2.18. The highest BCUT2D eigenvalue weighted by Crippen LogP contribution is 2.35. The molecule has 0 spiro atoms. The first-order valence-electron chi connectivity index (χ1n) is 5.99. The van der Waals surface area contributed by atoms with E-state index in [9.17, 15) is 0 Å². The Morgan fingerprint density at radius 3 is 2.68 bits per heavy atom. The standard InChI is InChI=1S/C14H15Br2NOS/c1-3-18-12-5-4-10(15)7-11(12)14(17-2)9-6-13(16)19-8-9/h4-8,14,17H,3H2,1-2H3. The first-order chi connectivity index (χ1) is 9.15. The van der Waals surface area contributed by atoms with Crippen LogP contribution in [0.2, 0.25) is 0 Å². The van der Waals surface area contributed by atoms with Crippen molar-refractivity contribution >= 4 is 43.2 Å². The average Bonchev–Trinajstić information content (AvgIpc) is 2.80. The van der Waals surface area contributed by atoms with Crippen molar-refractivity contribution in [2.75, 3.05) is 13.7 Å². The van der Waals surface area contributed by atoms with Crippen LogP contribution in [0.1, 0.15) is 24.1 Å². The average molecular weight is 405 g/mol. The summed E-state index contributed by atoms with van der Waals surface area (Å²) >= 11 is 8.74. The number of ether oxygens (including phenoxy) is 1. The molecule has 1 aromatic carbocycles. The van der Waals surface area contributed by atoms with Crippen molar-refractivity contribution in [3.05, 3.63) is 49.0 Å². The van der Waals surface area contributed by atoms with E-state index in [2.05, 4.69) is 54.7 Å². The number of hydrogen-bond acceptors (Lipinski definition) is 3. The fourth-order valence-corrected chi connectivity index (χ4v) is 3.59. The van der Waals surface area contributed by atoms with Gasteiger partial charge in [-0.1, -0.05) is 15.9 Å². The zero-order chi connectivity index (χ0) is 13.8. The van der Waals surface area contributed by atoms with Crippen molar-refractivity contribution < 1.29 is 4.74 Å². The van der Waals surface area contributed by atoms with Crippen LogP contribution in [0, 0.1) is 0 Å². The molecule has 1 atom stereocenters. The third-order valence-corrected chi connectivity index (χ3v) is 4.81. The minimum Gasteiger partial charge on any atom is -0.494 e. The van der Waals surface area contributed by atoms with E-state index in [1.807, 2.05) is 26.1 Å². The molecule has 1 N–H and O–H groups in total. The second-order valence-corrected chi connectivity index (χ2v) is 7.23. The molecule has 5 heteroatoms. The van der Waals surface area contributed by atoms with Gasteiger partial charge in [0.05, 0.1) is 16.4 Å². The molecule has 0 bridgehead atoms. The number of halogens is 2. The molecule has 2 aromatic rings. The van der Waals surface area contributed by atoms with Crippen LogP contribution in [-0.2, 0) is 0 Å². The minimum absolute atomic E-state index is 0.126. The molecule has 0 saturated carbocycles. The predicted molar refractivity (Wildman–Crippen MR) is 88.2 cm³/mol. The Hall–Kier alpha value is -0.360. The molecule has 1 heterocycles. The van der Waals surface area contributed by atoms with E-state index in [0.29, 0.717) is 6.61 Å². The first kappa shape index (κ1) is 15.0. The van der Waals surface area contributed by atoms with Crippen molar-refractivity contribution in [2.45, 2.75) is 13.0 Å². The Kier molecular flexibility index (Phi) is 5.45. The number of nitrogens with one attached hydrogen (secondary N) is 1. The Balaban J connectivity index is 2.44. The van der Waals surface area contributed by atoms with Gasteiger partial charge >= 0.3 is 0 Å². The minimum atomic E-state index is 0.126. The number of benzene rings is 1. The molecular weight excluding hydrogens is 390 g/mol. The molecule has 1 unspecified atom stereocenters. The Morgan fingerprint density at radius 1 is 1.32 bits per heavy atom. The highest BCUT2D eigenvalue weighted by Gasteiger charge is 2.18. The normalized spacial score (nSPS) is 12.4. The lowest BCUT2D eigenvalue weighted by molar-refractivity contribution is 0.334. The van der Waals surface area contributed by atoms with Gasteiger partial charge in [-0.2, -0.15) is 0 Å². The smallest absolute Gasteiger partial charge is 0.124 e.